The molecule has 0 aliphatic carbocycles. The number of anilines is 1. The average Bonchev–Trinajstić information content (AvgIpc) is 2.61. The SMILES string of the molecule is CC1=C(C(=O)Nc2ccc(C)cc2)[C@H](c2ccc(Cl)cc2Cl)NC(=O)N1C. The van der Waals surface area contributed by atoms with E-state index < -0.39 is 6.04 Å². The van der Waals surface area contributed by atoms with Crippen LogP contribution in [0.5, 0.6) is 0 Å². The maximum Gasteiger partial charge on any atom is 0.322 e. The van der Waals surface area contributed by atoms with Gasteiger partial charge in [0.2, 0.25) is 0 Å². The first-order chi connectivity index (χ1) is 12.8. The van der Waals surface area contributed by atoms with Gasteiger partial charge >= 0.3 is 6.03 Å². The lowest BCUT2D eigenvalue weighted by atomic mass is 9.94. The zero-order valence-corrected chi connectivity index (χ0v) is 16.7. The van der Waals surface area contributed by atoms with E-state index in [2.05, 4.69) is 10.6 Å². The predicted molar refractivity (Wildman–Crippen MR) is 108 cm³/mol. The van der Waals surface area contributed by atoms with Crippen molar-refractivity contribution in [2.75, 3.05) is 12.4 Å². The number of nitrogens with one attached hydrogen (secondary N) is 2. The maximum atomic E-state index is 13.1. The number of urea groups is 1. The molecule has 1 aliphatic heterocycles. The summed E-state index contributed by atoms with van der Waals surface area (Å²) in [6.07, 6.45) is 0. The summed E-state index contributed by atoms with van der Waals surface area (Å²) >= 11 is 12.3. The summed E-state index contributed by atoms with van der Waals surface area (Å²) in [6.45, 7) is 3.71. The highest BCUT2D eigenvalue weighted by atomic mass is 35.5. The van der Waals surface area contributed by atoms with Gasteiger partial charge in [0, 0.05) is 28.5 Å². The van der Waals surface area contributed by atoms with E-state index in [1.807, 2.05) is 31.2 Å². The molecule has 0 unspecified atom stereocenters. The minimum atomic E-state index is -0.677. The quantitative estimate of drug-likeness (QED) is 0.764. The van der Waals surface area contributed by atoms with Crippen molar-refractivity contribution >= 4 is 40.8 Å². The molecule has 3 amide bonds. The molecule has 0 spiro atoms. The first kappa shape index (κ1) is 19.3. The Hall–Kier alpha value is -2.50. The first-order valence-electron chi connectivity index (χ1n) is 8.36. The van der Waals surface area contributed by atoms with Crippen LogP contribution in [-0.2, 0) is 4.79 Å². The molecule has 0 aromatic heterocycles. The smallest absolute Gasteiger partial charge is 0.322 e. The van der Waals surface area contributed by atoms with Gasteiger partial charge in [-0.05, 0) is 43.7 Å². The lowest BCUT2D eigenvalue weighted by molar-refractivity contribution is -0.113. The van der Waals surface area contributed by atoms with Crippen molar-refractivity contribution in [3.63, 3.8) is 0 Å². The molecule has 2 aromatic carbocycles. The Morgan fingerprint density at radius 2 is 1.78 bits per heavy atom. The van der Waals surface area contributed by atoms with Crippen molar-refractivity contribution in [2.24, 2.45) is 0 Å². The third-order valence-electron chi connectivity index (χ3n) is 4.58. The van der Waals surface area contributed by atoms with Gasteiger partial charge in [0.25, 0.3) is 5.91 Å². The molecule has 0 saturated heterocycles. The van der Waals surface area contributed by atoms with E-state index >= 15 is 0 Å². The molecule has 2 aromatic rings. The van der Waals surface area contributed by atoms with Crippen LogP contribution in [-0.4, -0.2) is 23.9 Å². The van der Waals surface area contributed by atoms with Crippen molar-refractivity contribution in [1.82, 2.24) is 10.2 Å². The zero-order chi connectivity index (χ0) is 19.7. The minimum Gasteiger partial charge on any atom is -0.326 e. The van der Waals surface area contributed by atoms with Gasteiger partial charge in [-0.2, -0.15) is 0 Å². The Morgan fingerprint density at radius 1 is 1.11 bits per heavy atom. The summed E-state index contributed by atoms with van der Waals surface area (Å²) in [5.41, 5.74) is 3.35. The molecule has 5 nitrogen and oxygen atoms in total. The van der Waals surface area contributed by atoms with E-state index in [1.54, 1.807) is 32.2 Å². The molecule has 0 fully saturated rings. The Labute approximate surface area is 168 Å². The Bertz CT molecular complexity index is 939. The van der Waals surface area contributed by atoms with Crippen LogP contribution in [0, 0.1) is 6.92 Å². The van der Waals surface area contributed by atoms with Gasteiger partial charge in [0.15, 0.2) is 0 Å². The van der Waals surface area contributed by atoms with Gasteiger partial charge in [-0.1, -0.05) is 47.0 Å². The van der Waals surface area contributed by atoms with Crippen molar-refractivity contribution in [3.8, 4) is 0 Å². The van der Waals surface area contributed by atoms with Crippen LogP contribution in [0.4, 0.5) is 10.5 Å². The highest BCUT2D eigenvalue weighted by molar-refractivity contribution is 6.35. The predicted octanol–water partition coefficient (Wildman–Crippen LogP) is 4.91. The molecule has 3 rings (SSSR count). The molecule has 2 N–H and O–H groups in total. The van der Waals surface area contributed by atoms with Crippen molar-refractivity contribution in [3.05, 3.63) is 74.9 Å². The van der Waals surface area contributed by atoms with Crippen LogP contribution in [0.25, 0.3) is 0 Å². The minimum absolute atomic E-state index is 0.306. The Kier molecular flexibility index (Phi) is 5.44. The van der Waals surface area contributed by atoms with Crippen molar-refractivity contribution in [1.29, 1.82) is 0 Å². The largest absolute Gasteiger partial charge is 0.326 e. The molecule has 1 atom stereocenters. The summed E-state index contributed by atoms with van der Waals surface area (Å²) in [7, 11) is 1.61. The summed E-state index contributed by atoms with van der Waals surface area (Å²) < 4.78 is 0. The van der Waals surface area contributed by atoms with E-state index in [0.29, 0.717) is 32.6 Å². The Balaban J connectivity index is 2.02. The first-order valence-corrected chi connectivity index (χ1v) is 9.11. The standard InChI is InChI=1S/C20H19Cl2N3O2/c1-11-4-7-14(8-5-11)23-19(26)17-12(2)25(3)20(27)24-18(17)15-9-6-13(21)10-16(15)22/h4-10,18H,1-3H3,(H,23,26)(H,24,27)/t18-/m0/s1. The number of aryl methyl sites for hydroxylation is 1. The molecule has 27 heavy (non-hydrogen) atoms. The number of carbonyl (C=O) groups excluding carboxylic acids is 2. The second-order valence-corrected chi connectivity index (χ2v) is 7.27. The second-order valence-electron chi connectivity index (χ2n) is 6.43. The lowest BCUT2D eigenvalue weighted by Crippen LogP contribution is -2.46. The molecular weight excluding hydrogens is 385 g/mol. The normalized spacial score (nSPS) is 17.0. The summed E-state index contributed by atoms with van der Waals surface area (Å²) in [4.78, 5) is 26.8. The molecule has 0 saturated carbocycles. The van der Waals surface area contributed by atoms with Crippen LogP contribution >= 0.6 is 23.2 Å². The van der Waals surface area contributed by atoms with E-state index in [0.717, 1.165) is 5.56 Å². The fourth-order valence-corrected chi connectivity index (χ4v) is 3.45. The summed E-state index contributed by atoms with van der Waals surface area (Å²) in [6, 6.07) is 11.5. The summed E-state index contributed by atoms with van der Waals surface area (Å²) in [5, 5.41) is 6.59. The van der Waals surface area contributed by atoms with E-state index in [1.165, 1.54) is 4.90 Å². The van der Waals surface area contributed by atoms with E-state index in [9.17, 15) is 9.59 Å². The number of hydrogen-bond donors (Lipinski definition) is 2. The van der Waals surface area contributed by atoms with Crippen molar-refractivity contribution in [2.45, 2.75) is 19.9 Å². The third-order valence-corrected chi connectivity index (χ3v) is 5.14. The number of hydrogen-bond acceptors (Lipinski definition) is 2. The molecule has 0 bridgehead atoms. The lowest BCUT2D eigenvalue weighted by Gasteiger charge is -2.34. The van der Waals surface area contributed by atoms with Crippen LogP contribution in [0.15, 0.2) is 53.7 Å². The number of amides is 3. The zero-order valence-electron chi connectivity index (χ0n) is 15.1. The van der Waals surface area contributed by atoms with Crippen LogP contribution < -0.4 is 10.6 Å². The molecule has 1 aliphatic rings. The third kappa shape index (κ3) is 3.94. The van der Waals surface area contributed by atoms with E-state index in [4.69, 9.17) is 23.2 Å². The topological polar surface area (TPSA) is 61.4 Å². The van der Waals surface area contributed by atoms with Gasteiger partial charge in [0.05, 0.1) is 11.6 Å². The maximum absolute atomic E-state index is 13.1. The van der Waals surface area contributed by atoms with Crippen LogP contribution in [0.2, 0.25) is 10.0 Å². The molecule has 140 valence electrons. The fourth-order valence-electron chi connectivity index (χ4n) is 2.93. The Morgan fingerprint density at radius 3 is 2.41 bits per heavy atom. The number of rotatable bonds is 3. The van der Waals surface area contributed by atoms with Crippen molar-refractivity contribution < 1.29 is 9.59 Å². The molecule has 0 radical (unpaired) electrons. The monoisotopic (exact) mass is 403 g/mol. The van der Waals surface area contributed by atoms with Gasteiger partial charge < -0.3 is 15.5 Å². The fraction of sp³-hybridized carbons (Fsp3) is 0.200. The number of benzene rings is 2. The van der Waals surface area contributed by atoms with Gasteiger partial charge in [-0.25, -0.2) is 4.79 Å². The van der Waals surface area contributed by atoms with Crippen LogP contribution in [0.3, 0.4) is 0 Å². The molecule has 7 heteroatoms. The van der Waals surface area contributed by atoms with Gasteiger partial charge in [0.1, 0.15) is 0 Å². The number of nitrogens with zero attached hydrogens (tertiary/aromatic N) is 1. The number of allylic oxidation sites excluding steroid dienone is 1. The van der Waals surface area contributed by atoms with E-state index in [-0.39, 0.29) is 11.9 Å². The summed E-state index contributed by atoms with van der Waals surface area (Å²) in [5.74, 6) is -0.306. The molecule has 1 heterocycles. The molecular formula is C20H19Cl2N3O2. The highest BCUT2D eigenvalue weighted by Crippen LogP contribution is 2.35. The highest BCUT2D eigenvalue weighted by Gasteiger charge is 2.35. The van der Waals surface area contributed by atoms with Gasteiger partial charge in [-0.15, -0.1) is 0 Å². The van der Waals surface area contributed by atoms with Crippen LogP contribution in [0.1, 0.15) is 24.1 Å². The average molecular weight is 404 g/mol. The number of halogens is 2. The van der Waals surface area contributed by atoms with Gasteiger partial charge in [-0.3, -0.25) is 4.79 Å². The number of carbonyl (C=O) groups is 2. The second kappa shape index (κ2) is 7.62.